The van der Waals surface area contributed by atoms with Gasteiger partial charge in [0, 0.05) is 31.7 Å². The molecular weight excluding hydrogens is 425 g/mol. The summed E-state index contributed by atoms with van der Waals surface area (Å²) in [6, 6.07) is 11.8. The summed E-state index contributed by atoms with van der Waals surface area (Å²) in [5.74, 6) is -1.08. The molecule has 3 aromatic rings. The molecule has 0 spiro atoms. The fraction of sp³-hybridized carbons (Fsp3) is 0.318. The molecular formula is C22H23ClFN3O4. The lowest BCUT2D eigenvalue weighted by Gasteiger charge is -2.26. The Morgan fingerprint density at radius 2 is 1.97 bits per heavy atom. The second-order valence-corrected chi connectivity index (χ2v) is 7.65. The summed E-state index contributed by atoms with van der Waals surface area (Å²) in [7, 11) is 1.57. The van der Waals surface area contributed by atoms with Crippen molar-refractivity contribution in [1.29, 1.82) is 0 Å². The summed E-state index contributed by atoms with van der Waals surface area (Å²) >= 11 is 5.88. The highest BCUT2D eigenvalue weighted by Gasteiger charge is 2.21. The SMILES string of the molecule is COCCN(Cc1ccc(F)c(Cl)c1)C(=O)C(C)Cc1ccc(-c2noc(=O)[nH]2)cc1. The standard InChI is InChI=1S/C22H23ClFN3O4/c1-14(11-15-3-6-17(7-4-15)20-25-22(29)31-26-20)21(28)27(9-10-30-2)13-16-5-8-19(24)18(23)12-16/h3-8,12,14H,9-11,13H2,1-2H3,(H,25,26,29). The number of carbonyl (C=O) groups excluding carboxylic acids is 1. The number of nitrogens with zero attached hydrogens (tertiary/aromatic N) is 2. The van der Waals surface area contributed by atoms with Crippen LogP contribution >= 0.6 is 11.6 Å². The molecule has 1 aromatic heterocycles. The first-order valence-electron chi connectivity index (χ1n) is 9.74. The zero-order valence-corrected chi connectivity index (χ0v) is 18.0. The van der Waals surface area contributed by atoms with E-state index < -0.39 is 11.6 Å². The number of methoxy groups -OCH3 is 1. The van der Waals surface area contributed by atoms with Gasteiger partial charge in [0.15, 0.2) is 5.82 Å². The number of hydrogen-bond donors (Lipinski definition) is 1. The van der Waals surface area contributed by atoms with Gasteiger partial charge in [-0.2, -0.15) is 0 Å². The minimum atomic E-state index is -0.614. The average Bonchev–Trinajstić information content (AvgIpc) is 3.20. The van der Waals surface area contributed by atoms with Crippen molar-refractivity contribution < 1.29 is 18.4 Å². The number of carbonyl (C=O) groups is 1. The second-order valence-electron chi connectivity index (χ2n) is 7.25. The Kier molecular flexibility index (Phi) is 7.59. The Labute approximate surface area is 183 Å². The molecule has 0 aliphatic heterocycles. The smallest absolute Gasteiger partial charge is 0.383 e. The van der Waals surface area contributed by atoms with E-state index in [-0.39, 0.29) is 16.8 Å². The Morgan fingerprint density at radius 3 is 2.58 bits per heavy atom. The van der Waals surface area contributed by atoms with Gasteiger partial charge < -0.3 is 9.64 Å². The summed E-state index contributed by atoms with van der Waals surface area (Å²) in [5.41, 5.74) is 2.42. The van der Waals surface area contributed by atoms with Crippen molar-refractivity contribution in [3.05, 3.63) is 75.0 Å². The molecule has 0 aliphatic rings. The molecule has 164 valence electrons. The normalized spacial score (nSPS) is 12.0. The molecule has 31 heavy (non-hydrogen) atoms. The summed E-state index contributed by atoms with van der Waals surface area (Å²) in [5, 5.41) is 3.69. The van der Waals surface area contributed by atoms with E-state index in [9.17, 15) is 14.0 Å². The molecule has 0 radical (unpaired) electrons. The number of hydrogen-bond acceptors (Lipinski definition) is 5. The lowest BCUT2D eigenvalue weighted by Crippen LogP contribution is -2.37. The van der Waals surface area contributed by atoms with E-state index in [4.69, 9.17) is 16.3 Å². The Hall–Kier alpha value is -2.97. The van der Waals surface area contributed by atoms with E-state index in [0.717, 1.165) is 11.1 Å². The van der Waals surface area contributed by atoms with Crippen molar-refractivity contribution in [3.63, 3.8) is 0 Å². The largest absolute Gasteiger partial charge is 0.439 e. The van der Waals surface area contributed by atoms with Gasteiger partial charge >= 0.3 is 5.76 Å². The molecule has 0 fully saturated rings. The summed E-state index contributed by atoms with van der Waals surface area (Å²) in [6.45, 7) is 2.97. The van der Waals surface area contributed by atoms with Crippen LogP contribution in [0.15, 0.2) is 51.8 Å². The molecule has 9 heteroatoms. The number of aromatic amines is 1. The van der Waals surface area contributed by atoms with Gasteiger partial charge in [0.1, 0.15) is 5.82 Å². The first-order valence-corrected chi connectivity index (χ1v) is 10.1. The molecule has 0 saturated heterocycles. The maximum atomic E-state index is 13.4. The Morgan fingerprint density at radius 1 is 1.26 bits per heavy atom. The quantitative estimate of drug-likeness (QED) is 0.540. The van der Waals surface area contributed by atoms with Crippen LogP contribution in [0.25, 0.3) is 11.4 Å². The van der Waals surface area contributed by atoms with E-state index in [2.05, 4.69) is 14.7 Å². The number of halogens is 2. The van der Waals surface area contributed by atoms with Crippen LogP contribution in [0, 0.1) is 11.7 Å². The van der Waals surface area contributed by atoms with Crippen molar-refractivity contribution in [1.82, 2.24) is 15.0 Å². The lowest BCUT2D eigenvalue weighted by atomic mass is 9.98. The van der Waals surface area contributed by atoms with Crippen molar-refractivity contribution in [2.45, 2.75) is 19.9 Å². The van der Waals surface area contributed by atoms with Gasteiger partial charge in [-0.15, -0.1) is 0 Å². The molecule has 3 rings (SSSR count). The number of rotatable bonds is 9. The Balaban J connectivity index is 1.68. The number of amides is 1. The van der Waals surface area contributed by atoms with Crippen LogP contribution in [0.3, 0.4) is 0 Å². The van der Waals surface area contributed by atoms with E-state index in [1.807, 2.05) is 31.2 Å². The van der Waals surface area contributed by atoms with Crippen LogP contribution in [0.1, 0.15) is 18.1 Å². The zero-order chi connectivity index (χ0) is 22.4. The minimum Gasteiger partial charge on any atom is -0.383 e. The highest BCUT2D eigenvalue weighted by Crippen LogP contribution is 2.20. The van der Waals surface area contributed by atoms with Gasteiger partial charge in [0.25, 0.3) is 0 Å². The molecule has 1 atom stereocenters. The zero-order valence-electron chi connectivity index (χ0n) is 17.2. The fourth-order valence-electron chi connectivity index (χ4n) is 3.23. The maximum absolute atomic E-state index is 13.4. The third kappa shape index (κ3) is 6.02. The first kappa shape index (κ1) is 22.7. The third-order valence-corrected chi connectivity index (χ3v) is 5.16. The van der Waals surface area contributed by atoms with E-state index in [0.29, 0.717) is 37.5 Å². The molecule has 1 unspecified atom stereocenters. The number of H-pyrrole nitrogens is 1. The van der Waals surface area contributed by atoms with Crippen LogP contribution in [0.2, 0.25) is 5.02 Å². The molecule has 1 heterocycles. The van der Waals surface area contributed by atoms with Crippen molar-refractivity contribution in [2.24, 2.45) is 5.92 Å². The van der Waals surface area contributed by atoms with Crippen LogP contribution in [0.4, 0.5) is 4.39 Å². The summed E-state index contributed by atoms with van der Waals surface area (Å²) in [6.07, 6.45) is 0.530. The van der Waals surface area contributed by atoms with Gasteiger partial charge in [-0.3, -0.25) is 14.3 Å². The van der Waals surface area contributed by atoms with Crippen molar-refractivity contribution >= 4 is 17.5 Å². The van der Waals surface area contributed by atoms with Crippen molar-refractivity contribution in [3.8, 4) is 11.4 Å². The van der Waals surface area contributed by atoms with Crippen LogP contribution in [-0.2, 0) is 22.5 Å². The second kappa shape index (κ2) is 10.4. The highest BCUT2D eigenvalue weighted by molar-refractivity contribution is 6.30. The van der Waals surface area contributed by atoms with Gasteiger partial charge in [-0.05, 0) is 29.7 Å². The van der Waals surface area contributed by atoms with E-state index in [1.165, 1.54) is 12.1 Å². The topological polar surface area (TPSA) is 88.4 Å². The first-order chi connectivity index (χ1) is 14.9. The van der Waals surface area contributed by atoms with Gasteiger partial charge in [-0.1, -0.05) is 54.0 Å². The van der Waals surface area contributed by atoms with E-state index >= 15 is 0 Å². The number of benzene rings is 2. The molecule has 0 aliphatic carbocycles. The van der Waals surface area contributed by atoms with Crippen LogP contribution in [-0.4, -0.2) is 41.2 Å². The monoisotopic (exact) mass is 447 g/mol. The molecule has 0 saturated carbocycles. The maximum Gasteiger partial charge on any atom is 0.439 e. The third-order valence-electron chi connectivity index (χ3n) is 4.87. The van der Waals surface area contributed by atoms with Crippen LogP contribution < -0.4 is 5.76 Å². The van der Waals surface area contributed by atoms with Gasteiger partial charge in [0.05, 0.1) is 11.6 Å². The average molecular weight is 448 g/mol. The Bertz CT molecular complexity index is 1080. The number of aromatic nitrogens is 2. The minimum absolute atomic E-state index is 0.0261. The van der Waals surface area contributed by atoms with E-state index in [1.54, 1.807) is 18.1 Å². The predicted octanol–water partition coefficient (Wildman–Crippen LogP) is 3.68. The van der Waals surface area contributed by atoms with Crippen molar-refractivity contribution in [2.75, 3.05) is 20.3 Å². The number of ether oxygens (including phenoxy) is 1. The van der Waals surface area contributed by atoms with Gasteiger partial charge in [-0.25, -0.2) is 9.18 Å². The summed E-state index contributed by atoms with van der Waals surface area (Å²) < 4.78 is 23.1. The molecule has 1 N–H and O–H groups in total. The number of nitrogens with one attached hydrogen (secondary N) is 1. The van der Waals surface area contributed by atoms with Crippen LogP contribution in [0.5, 0.6) is 0 Å². The summed E-state index contributed by atoms with van der Waals surface area (Å²) in [4.78, 5) is 28.4. The highest BCUT2D eigenvalue weighted by atomic mass is 35.5. The predicted molar refractivity (Wildman–Crippen MR) is 114 cm³/mol. The lowest BCUT2D eigenvalue weighted by molar-refractivity contribution is -0.136. The molecule has 7 nitrogen and oxygen atoms in total. The molecule has 2 aromatic carbocycles. The fourth-order valence-corrected chi connectivity index (χ4v) is 3.44. The molecule has 1 amide bonds. The molecule has 0 bridgehead atoms. The van der Waals surface area contributed by atoms with Gasteiger partial charge in [0.2, 0.25) is 5.91 Å².